The van der Waals surface area contributed by atoms with Crippen LogP contribution in [0.1, 0.15) is 49.7 Å². The second-order valence-corrected chi connectivity index (χ2v) is 9.54. The lowest BCUT2D eigenvalue weighted by Gasteiger charge is -2.18. The van der Waals surface area contributed by atoms with Crippen LogP contribution in [0.4, 0.5) is 4.39 Å². The van der Waals surface area contributed by atoms with E-state index in [0.717, 1.165) is 24.2 Å². The smallest absolute Gasteiger partial charge is 0.306 e. The average molecular weight is 475 g/mol. The van der Waals surface area contributed by atoms with Crippen LogP contribution in [-0.2, 0) is 4.79 Å². The Hall–Kier alpha value is -1.67. The van der Waals surface area contributed by atoms with Crippen molar-refractivity contribution in [1.82, 2.24) is 0 Å². The van der Waals surface area contributed by atoms with E-state index in [1.807, 2.05) is 13.8 Å². The molecule has 1 heterocycles. The van der Waals surface area contributed by atoms with Crippen molar-refractivity contribution in [2.45, 2.75) is 51.0 Å². The molecule has 0 fully saturated rings. The quantitative estimate of drug-likeness (QED) is 0.354. The largest absolute Gasteiger partial charge is 0.493 e. The van der Waals surface area contributed by atoms with Gasteiger partial charge in [0, 0.05) is 27.4 Å². The van der Waals surface area contributed by atoms with Gasteiger partial charge in [0.15, 0.2) is 23.1 Å². The number of carbonyl (C=O) groups excluding carboxylic acids is 1. The molecule has 0 amide bonds. The second-order valence-electron chi connectivity index (χ2n) is 6.90. The number of carboxylic acids is 1. The van der Waals surface area contributed by atoms with Crippen molar-refractivity contribution < 1.29 is 28.6 Å². The van der Waals surface area contributed by atoms with Crippen LogP contribution in [-0.4, -0.2) is 34.9 Å². The van der Waals surface area contributed by atoms with Crippen LogP contribution in [0.15, 0.2) is 12.1 Å². The van der Waals surface area contributed by atoms with Gasteiger partial charge in [-0.15, -0.1) is 11.3 Å². The Bertz CT molecular complexity index is 864. The van der Waals surface area contributed by atoms with Gasteiger partial charge in [0.25, 0.3) is 0 Å². The van der Waals surface area contributed by atoms with E-state index < -0.39 is 17.7 Å². The highest BCUT2D eigenvalue weighted by molar-refractivity contribution is 9.09. The molecule has 0 saturated heterocycles. The molecule has 0 aliphatic heterocycles. The number of ether oxygens (including phenoxy) is 2. The molecule has 5 nitrogen and oxygen atoms in total. The lowest BCUT2D eigenvalue weighted by atomic mass is 10.0. The van der Waals surface area contributed by atoms with Crippen molar-refractivity contribution in [2.24, 2.45) is 5.92 Å². The third kappa shape index (κ3) is 5.44. The van der Waals surface area contributed by atoms with Gasteiger partial charge in [0.1, 0.15) is 0 Å². The predicted molar refractivity (Wildman–Crippen MR) is 112 cm³/mol. The topological polar surface area (TPSA) is 72.8 Å². The molecule has 0 saturated carbocycles. The molecule has 0 bridgehead atoms. The van der Waals surface area contributed by atoms with Crippen LogP contribution in [0.3, 0.4) is 0 Å². The number of benzene rings is 1. The monoisotopic (exact) mass is 474 g/mol. The first kappa shape index (κ1) is 22.6. The minimum atomic E-state index is -1.04. The lowest BCUT2D eigenvalue weighted by molar-refractivity contribution is -0.141. The first-order valence-electron chi connectivity index (χ1n) is 9.00. The van der Waals surface area contributed by atoms with Crippen molar-refractivity contribution in [2.75, 3.05) is 7.11 Å². The fourth-order valence-electron chi connectivity index (χ4n) is 2.69. The number of fused-ring (bicyclic) bond motifs is 1. The molecule has 1 aromatic heterocycles. The summed E-state index contributed by atoms with van der Waals surface area (Å²) in [6, 6.07) is 3.11. The van der Waals surface area contributed by atoms with E-state index in [1.54, 1.807) is 6.07 Å². The third-order valence-electron chi connectivity index (χ3n) is 4.38. The van der Waals surface area contributed by atoms with Crippen molar-refractivity contribution in [3.05, 3.63) is 22.8 Å². The van der Waals surface area contributed by atoms with Crippen LogP contribution in [0.5, 0.6) is 11.5 Å². The molecule has 0 aliphatic rings. The van der Waals surface area contributed by atoms with Crippen molar-refractivity contribution in [3.8, 4) is 11.5 Å². The van der Waals surface area contributed by atoms with Gasteiger partial charge < -0.3 is 14.6 Å². The molecule has 1 N–H and O–H groups in total. The fourth-order valence-corrected chi connectivity index (χ4v) is 3.99. The zero-order chi connectivity index (χ0) is 21.0. The number of carboxylic acid groups (broad SMARTS) is 1. The van der Waals surface area contributed by atoms with Crippen LogP contribution in [0, 0.1) is 11.7 Å². The zero-order valence-corrected chi connectivity index (χ0v) is 18.7. The third-order valence-corrected chi connectivity index (χ3v) is 5.96. The lowest BCUT2D eigenvalue weighted by Crippen LogP contribution is -2.14. The van der Waals surface area contributed by atoms with Crippen LogP contribution in [0.2, 0.25) is 0 Å². The van der Waals surface area contributed by atoms with Crippen LogP contribution < -0.4 is 9.47 Å². The van der Waals surface area contributed by atoms with Crippen LogP contribution >= 0.6 is 27.3 Å². The van der Waals surface area contributed by atoms with Gasteiger partial charge in [0.2, 0.25) is 0 Å². The number of ketones is 1. The number of halogens is 2. The van der Waals surface area contributed by atoms with E-state index >= 15 is 4.39 Å². The maximum absolute atomic E-state index is 15.1. The molecular formula is C20H24BrFO5S. The van der Waals surface area contributed by atoms with Gasteiger partial charge in [-0.05, 0) is 25.8 Å². The van der Waals surface area contributed by atoms with E-state index in [2.05, 4.69) is 15.9 Å². The maximum Gasteiger partial charge on any atom is 0.306 e. The Morgan fingerprint density at radius 1 is 1.25 bits per heavy atom. The first-order valence-corrected chi connectivity index (χ1v) is 10.7. The molecule has 8 heteroatoms. The number of aliphatic carboxylic acids is 1. The number of hydrogen-bond donors (Lipinski definition) is 1. The molecule has 3 unspecified atom stereocenters. The standard InChI is InChI=1S/C20H24BrFO5S/c1-10(20(24)25)7-14(23)17-8-13-16(28-17)9-15(26-4)19(18(13)22)27-12(3)6-5-11(2)21/h8-12H,5-7H2,1-4H3,(H,24,25). The van der Waals surface area contributed by atoms with Crippen molar-refractivity contribution in [1.29, 1.82) is 0 Å². The number of thiophene rings is 1. The van der Waals surface area contributed by atoms with Gasteiger partial charge in [-0.2, -0.15) is 0 Å². The minimum Gasteiger partial charge on any atom is -0.493 e. The molecule has 1 aromatic carbocycles. The average Bonchev–Trinajstić information content (AvgIpc) is 3.06. The summed E-state index contributed by atoms with van der Waals surface area (Å²) < 4.78 is 26.8. The van der Waals surface area contributed by atoms with E-state index in [1.165, 1.54) is 20.1 Å². The van der Waals surface area contributed by atoms with E-state index in [9.17, 15) is 9.59 Å². The first-order chi connectivity index (χ1) is 13.1. The van der Waals surface area contributed by atoms with Gasteiger partial charge in [-0.3, -0.25) is 9.59 Å². The summed E-state index contributed by atoms with van der Waals surface area (Å²) in [6.45, 7) is 5.38. The highest BCUT2D eigenvalue weighted by Gasteiger charge is 2.23. The number of alkyl halides is 1. The molecule has 0 radical (unpaired) electrons. The number of methoxy groups -OCH3 is 1. The van der Waals surface area contributed by atoms with Gasteiger partial charge >= 0.3 is 5.97 Å². The maximum atomic E-state index is 15.1. The summed E-state index contributed by atoms with van der Waals surface area (Å²) in [5.41, 5.74) is 0. The molecule has 154 valence electrons. The van der Waals surface area contributed by atoms with E-state index in [-0.39, 0.29) is 35.2 Å². The molecule has 3 atom stereocenters. The highest BCUT2D eigenvalue weighted by atomic mass is 79.9. The van der Waals surface area contributed by atoms with Gasteiger partial charge in [-0.1, -0.05) is 29.8 Å². The van der Waals surface area contributed by atoms with Crippen molar-refractivity contribution >= 4 is 49.1 Å². The number of carbonyl (C=O) groups is 2. The Labute approximate surface area is 176 Å². The van der Waals surface area contributed by atoms with E-state index in [0.29, 0.717) is 14.4 Å². The number of Topliss-reactive ketones (excluding diaryl/α,β-unsaturated/α-hetero) is 1. The Balaban J connectivity index is 2.33. The SMILES string of the molecule is COc1cc2sc(C(=O)CC(C)C(=O)O)cc2c(F)c1OC(C)CCC(C)Br. The molecule has 0 spiro atoms. The zero-order valence-electron chi connectivity index (χ0n) is 16.3. The second kappa shape index (κ2) is 9.69. The Kier molecular flexibility index (Phi) is 7.83. The summed E-state index contributed by atoms with van der Waals surface area (Å²) in [6.07, 6.45) is 1.28. The minimum absolute atomic E-state index is 0.0282. The molecule has 28 heavy (non-hydrogen) atoms. The highest BCUT2D eigenvalue weighted by Crippen LogP contribution is 2.41. The molecule has 2 aromatic rings. The van der Waals surface area contributed by atoms with Gasteiger partial charge in [-0.25, -0.2) is 4.39 Å². The normalized spacial score (nSPS) is 14.5. The number of rotatable bonds is 10. The molecule has 2 rings (SSSR count). The molecular weight excluding hydrogens is 451 g/mol. The van der Waals surface area contributed by atoms with Crippen LogP contribution in [0.25, 0.3) is 10.1 Å². The molecule has 0 aliphatic carbocycles. The van der Waals surface area contributed by atoms with Gasteiger partial charge in [0.05, 0.1) is 24.0 Å². The number of hydrogen-bond acceptors (Lipinski definition) is 5. The summed E-state index contributed by atoms with van der Waals surface area (Å²) in [5, 5.41) is 9.25. The summed E-state index contributed by atoms with van der Waals surface area (Å²) in [4.78, 5) is 24.0. The Morgan fingerprint density at radius 3 is 2.50 bits per heavy atom. The summed E-state index contributed by atoms with van der Waals surface area (Å²) in [5.74, 6) is -2.44. The summed E-state index contributed by atoms with van der Waals surface area (Å²) in [7, 11) is 1.44. The van der Waals surface area contributed by atoms with Crippen molar-refractivity contribution in [3.63, 3.8) is 0 Å². The Morgan fingerprint density at radius 2 is 1.93 bits per heavy atom. The fraction of sp³-hybridized carbons (Fsp3) is 0.500. The predicted octanol–water partition coefficient (Wildman–Crippen LogP) is 5.67. The van der Waals surface area contributed by atoms with E-state index in [4.69, 9.17) is 14.6 Å². The summed E-state index contributed by atoms with van der Waals surface area (Å²) >= 11 is 4.60.